The van der Waals surface area contributed by atoms with Crippen molar-refractivity contribution in [1.82, 2.24) is 14.7 Å². The molecule has 1 aliphatic rings. The Hall–Kier alpha value is -1.07. The molecule has 1 unspecified atom stereocenters. The highest BCUT2D eigenvalue weighted by molar-refractivity contribution is 6.18. The lowest BCUT2D eigenvalue weighted by atomic mass is 10.2. The van der Waals surface area contributed by atoms with Crippen molar-refractivity contribution in [3.05, 3.63) is 17.5 Å². The average molecular weight is 272 g/mol. The van der Waals surface area contributed by atoms with Crippen LogP contribution in [-0.4, -0.2) is 52.3 Å². The quantitative estimate of drug-likeness (QED) is 0.779. The van der Waals surface area contributed by atoms with E-state index in [2.05, 4.69) is 5.10 Å². The van der Waals surface area contributed by atoms with Gasteiger partial charge in [-0.3, -0.25) is 9.48 Å². The SMILES string of the molecule is CCn1nc(C)cc1C(=O)N1CCOCC1CCl. The molecule has 1 aromatic rings. The third kappa shape index (κ3) is 2.52. The monoisotopic (exact) mass is 271 g/mol. The number of aryl methyl sites for hydroxylation is 2. The molecule has 1 aromatic heterocycles. The Morgan fingerprint density at radius 1 is 1.67 bits per heavy atom. The first-order chi connectivity index (χ1) is 8.67. The van der Waals surface area contributed by atoms with Crippen molar-refractivity contribution in [2.45, 2.75) is 26.4 Å². The van der Waals surface area contributed by atoms with Crippen molar-refractivity contribution in [1.29, 1.82) is 0 Å². The number of hydrogen-bond acceptors (Lipinski definition) is 3. The van der Waals surface area contributed by atoms with Crippen LogP contribution < -0.4 is 0 Å². The van der Waals surface area contributed by atoms with E-state index in [1.165, 1.54) is 0 Å². The van der Waals surface area contributed by atoms with Gasteiger partial charge in [-0.2, -0.15) is 5.10 Å². The molecular formula is C12H18ClN3O2. The molecule has 0 aliphatic carbocycles. The summed E-state index contributed by atoms with van der Waals surface area (Å²) in [5.41, 5.74) is 1.49. The number of alkyl halides is 1. The highest BCUT2D eigenvalue weighted by atomic mass is 35.5. The van der Waals surface area contributed by atoms with E-state index in [4.69, 9.17) is 16.3 Å². The first-order valence-corrected chi connectivity index (χ1v) is 6.70. The molecule has 0 spiro atoms. The van der Waals surface area contributed by atoms with Crippen LogP contribution in [0.3, 0.4) is 0 Å². The van der Waals surface area contributed by atoms with E-state index in [-0.39, 0.29) is 11.9 Å². The Kier molecular flexibility index (Phi) is 4.24. The van der Waals surface area contributed by atoms with Crippen LogP contribution in [0.25, 0.3) is 0 Å². The van der Waals surface area contributed by atoms with Gasteiger partial charge in [-0.15, -0.1) is 11.6 Å². The molecule has 100 valence electrons. The minimum atomic E-state index is -0.0478. The summed E-state index contributed by atoms with van der Waals surface area (Å²) < 4.78 is 7.08. The molecule has 0 bridgehead atoms. The smallest absolute Gasteiger partial charge is 0.272 e. The summed E-state index contributed by atoms with van der Waals surface area (Å²) in [6.07, 6.45) is 0. The van der Waals surface area contributed by atoms with Gasteiger partial charge in [-0.1, -0.05) is 0 Å². The summed E-state index contributed by atoms with van der Waals surface area (Å²) in [4.78, 5) is 14.3. The van der Waals surface area contributed by atoms with Gasteiger partial charge in [0.15, 0.2) is 0 Å². The van der Waals surface area contributed by atoms with Crippen LogP contribution in [0.1, 0.15) is 23.1 Å². The zero-order valence-corrected chi connectivity index (χ0v) is 11.5. The number of rotatable bonds is 3. The zero-order chi connectivity index (χ0) is 13.1. The van der Waals surface area contributed by atoms with E-state index >= 15 is 0 Å². The van der Waals surface area contributed by atoms with Gasteiger partial charge in [0.05, 0.1) is 24.9 Å². The van der Waals surface area contributed by atoms with E-state index in [0.29, 0.717) is 37.9 Å². The molecule has 0 N–H and O–H groups in total. The molecule has 18 heavy (non-hydrogen) atoms. The molecular weight excluding hydrogens is 254 g/mol. The number of hydrogen-bond donors (Lipinski definition) is 0. The minimum Gasteiger partial charge on any atom is -0.377 e. The van der Waals surface area contributed by atoms with Gasteiger partial charge >= 0.3 is 0 Å². The van der Waals surface area contributed by atoms with Crippen LogP contribution in [0.4, 0.5) is 0 Å². The van der Waals surface area contributed by atoms with Crippen molar-refractivity contribution in [2.24, 2.45) is 0 Å². The molecule has 6 heteroatoms. The number of nitrogens with zero attached hydrogens (tertiary/aromatic N) is 3. The van der Waals surface area contributed by atoms with Crippen LogP contribution in [0, 0.1) is 6.92 Å². The Morgan fingerprint density at radius 3 is 3.11 bits per heavy atom. The Labute approximate surface area is 112 Å². The maximum Gasteiger partial charge on any atom is 0.272 e. The third-order valence-corrected chi connectivity index (χ3v) is 3.44. The summed E-state index contributed by atoms with van der Waals surface area (Å²) >= 11 is 5.89. The highest BCUT2D eigenvalue weighted by Crippen LogP contribution is 2.14. The first kappa shape index (κ1) is 13.4. The van der Waals surface area contributed by atoms with E-state index in [0.717, 1.165) is 5.69 Å². The Bertz CT molecular complexity index is 433. The topological polar surface area (TPSA) is 47.4 Å². The zero-order valence-electron chi connectivity index (χ0n) is 10.7. The molecule has 1 fully saturated rings. The molecule has 2 rings (SSSR count). The number of carbonyl (C=O) groups excluding carboxylic acids is 1. The second kappa shape index (κ2) is 5.71. The Balaban J connectivity index is 2.23. The fraction of sp³-hybridized carbons (Fsp3) is 0.667. The van der Waals surface area contributed by atoms with Gasteiger partial charge in [-0.05, 0) is 19.9 Å². The fourth-order valence-corrected chi connectivity index (χ4v) is 2.41. The van der Waals surface area contributed by atoms with Crippen LogP contribution in [0.2, 0.25) is 0 Å². The second-order valence-electron chi connectivity index (χ2n) is 4.37. The maximum absolute atomic E-state index is 12.5. The van der Waals surface area contributed by atoms with Gasteiger partial charge in [0.25, 0.3) is 5.91 Å². The van der Waals surface area contributed by atoms with Gasteiger partial charge in [0.1, 0.15) is 5.69 Å². The number of amides is 1. The van der Waals surface area contributed by atoms with E-state index in [9.17, 15) is 4.79 Å². The average Bonchev–Trinajstić information content (AvgIpc) is 2.79. The van der Waals surface area contributed by atoms with Crippen molar-refractivity contribution in [2.75, 3.05) is 25.6 Å². The van der Waals surface area contributed by atoms with E-state index in [1.807, 2.05) is 19.9 Å². The lowest BCUT2D eigenvalue weighted by Crippen LogP contribution is -2.50. The fourth-order valence-electron chi connectivity index (χ4n) is 2.16. The summed E-state index contributed by atoms with van der Waals surface area (Å²) in [7, 11) is 0. The molecule has 1 atom stereocenters. The lowest BCUT2D eigenvalue weighted by molar-refractivity contribution is 0.00390. The van der Waals surface area contributed by atoms with Gasteiger partial charge in [0.2, 0.25) is 0 Å². The first-order valence-electron chi connectivity index (χ1n) is 6.16. The van der Waals surface area contributed by atoms with Crippen LogP contribution >= 0.6 is 11.6 Å². The predicted octanol–water partition coefficient (Wildman–Crippen LogP) is 1.29. The van der Waals surface area contributed by atoms with Gasteiger partial charge in [0, 0.05) is 19.0 Å². The largest absolute Gasteiger partial charge is 0.377 e. The molecule has 5 nitrogen and oxygen atoms in total. The normalized spacial score (nSPS) is 20.2. The number of carbonyl (C=O) groups is 1. The van der Waals surface area contributed by atoms with Crippen molar-refractivity contribution in [3.63, 3.8) is 0 Å². The summed E-state index contributed by atoms with van der Waals surface area (Å²) in [6.45, 7) is 6.21. The van der Waals surface area contributed by atoms with Crippen LogP contribution in [-0.2, 0) is 11.3 Å². The summed E-state index contributed by atoms with van der Waals surface area (Å²) in [6, 6.07) is 1.78. The third-order valence-electron chi connectivity index (χ3n) is 3.09. The van der Waals surface area contributed by atoms with Crippen molar-refractivity contribution < 1.29 is 9.53 Å². The van der Waals surface area contributed by atoms with E-state index < -0.39 is 0 Å². The van der Waals surface area contributed by atoms with Crippen LogP contribution in [0.5, 0.6) is 0 Å². The van der Waals surface area contributed by atoms with Crippen molar-refractivity contribution >= 4 is 17.5 Å². The molecule has 1 aliphatic heterocycles. The second-order valence-corrected chi connectivity index (χ2v) is 4.68. The number of aromatic nitrogens is 2. The minimum absolute atomic E-state index is 0.00796. The van der Waals surface area contributed by atoms with Gasteiger partial charge < -0.3 is 9.64 Å². The van der Waals surface area contributed by atoms with Gasteiger partial charge in [-0.25, -0.2) is 0 Å². The molecule has 1 amide bonds. The standard InChI is InChI=1S/C12H18ClN3O2/c1-3-16-11(6-9(2)14-16)12(17)15-4-5-18-8-10(15)7-13/h6,10H,3-5,7-8H2,1-2H3. The lowest BCUT2D eigenvalue weighted by Gasteiger charge is -2.34. The Morgan fingerprint density at radius 2 is 2.44 bits per heavy atom. The number of ether oxygens (including phenoxy) is 1. The maximum atomic E-state index is 12.5. The highest BCUT2D eigenvalue weighted by Gasteiger charge is 2.29. The predicted molar refractivity (Wildman–Crippen MR) is 69.0 cm³/mol. The van der Waals surface area contributed by atoms with Crippen molar-refractivity contribution in [3.8, 4) is 0 Å². The summed E-state index contributed by atoms with van der Waals surface area (Å²) in [5.74, 6) is 0.386. The number of halogens is 1. The molecule has 1 saturated heterocycles. The molecule has 2 heterocycles. The molecule has 0 saturated carbocycles. The van der Waals surface area contributed by atoms with E-state index in [1.54, 1.807) is 9.58 Å². The number of morpholine rings is 1. The van der Waals surface area contributed by atoms with Crippen LogP contribution in [0.15, 0.2) is 6.07 Å². The molecule has 0 radical (unpaired) electrons. The summed E-state index contributed by atoms with van der Waals surface area (Å²) in [5, 5.41) is 4.30. The molecule has 0 aromatic carbocycles.